The SMILES string of the molecule is Cc1ccc(CNC(=O)N[C@H](CCC(N)=O)C(=O)O)cn1. The van der Waals surface area contributed by atoms with Crippen molar-refractivity contribution >= 4 is 17.9 Å². The van der Waals surface area contributed by atoms with Crippen LogP contribution < -0.4 is 16.4 Å². The second kappa shape index (κ2) is 7.83. The lowest BCUT2D eigenvalue weighted by atomic mass is 10.1. The molecule has 21 heavy (non-hydrogen) atoms. The van der Waals surface area contributed by atoms with Gasteiger partial charge in [-0.05, 0) is 25.0 Å². The van der Waals surface area contributed by atoms with E-state index >= 15 is 0 Å². The van der Waals surface area contributed by atoms with E-state index < -0.39 is 23.9 Å². The molecule has 1 aromatic heterocycles. The number of primary amides is 1. The van der Waals surface area contributed by atoms with Crippen LogP contribution in [0.15, 0.2) is 18.3 Å². The van der Waals surface area contributed by atoms with Gasteiger partial charge in [-0.3, -0.25) is 9.78 Å². The van der Waals surface area contributed by atoms with Gasteiger partial charge in [0, 0.05) is 24.9 Å². The molecule has 1 atom stereocenters. The molecule has 0 fully saturated rings. The van der Waals surface area contributed by atoms with Gasteiger partial charge < -0.3 is 21.5 Å². The fraction of sp³-hybridized carbons (Fsp3) is 0.385. The number of aliphatic carboxylic acids is 1. The maximum absolute atomic E-state index is 11.6. The van der Waals surface area contributed by atoms with Crippen LogP contribution >= 0.6 is 0 Å². The molecule has 3 amide bonds. The molecule has 0 bridgehead atoms. The highest BCUT2D eigenvalue weighted by atomic mass is 16.4. The fourth-order valence-electron chi connectivity index (χ4n) is 1.54. The first-order valence-electron chi connectivity index (χ1n) is 6.35. The van der Waals surface area contributed by atoms with E-state index in [1.165, 1.54) is 0 Å². The molecular formula is C13H18N4O4. The summed E-state index contributed by atoms with van der Waals surface area (Å²) in [5.74, 6) is -1.84. The van der Waals surface area contributed by atoms with E-state index in [2.05, 4.69) is 15.6 Å². The van der Waals surface area contributed by atoms with Gasteiger partial charge in [-0.1, -0.05) is 6.07 Å². The zero-order valence-electron chi connectivity index (χ0n) is 11.6. The summed E-state index contributed by atoms with van der Waals surface area (Å²) < 4.78 is 0. The Balaban J connectivity index is 2.44. The first kappa shape index (κ1) is 16.4. The summed E-state index contributed by atoms with van der Waals surface area (Å²) >= 11 is 0. The topological polar surface area (TPSA) is 134 Å². The molecule has 5 N–H and O–H groups in total. The van der Waals surface area contributed by atoms with Crippen LogP contribution in [-0.4, -0.2) is 34.0 Å². The number of hydrogen-bond donors (Lipinski definition) is 4. The lowest BCUT2D eigenvalue weighted by Gasteiger charge is -2.14. The van der Waals surface area contributed by atoms with Gasteiger partial charge >= 0.3 is 12.0 Å². The van der Waals surface area contributed by atoms with Crippen molar-refractivity contribution < 1.29 is 19.5 Å². The number of rotatable bonds is 7. The predicted octanol–water partition coefficient (Wildman–Crippen LogP) is -0.0921. The van der Waals surface area contributed by atoms with E-state index in [0.717, 1.165) is 11.3 Å². The lowest BCUT2D eigenvalue weighted by Crippen LogP contribution is -2.46. The Kier molecular flexibility index (Phi) is 6.12. The summed E-state index contributed by atoms with van der Waals surface area (Å²) in [4.78, 5) is 37.3. The number of hydrogen-bond acceptors (Lipinski definition) is 4. The molecule has 0 spiro atoms. The monoisotopic (exact) mass is 294 g/mol. The number of carboxylic acids is 1. The van der Waals surface area contributed by atoms with Crippen molar-refractivity contribution in [2.24, 2.45) is 5.73 Å². The maximum atomic E-state index is 11.6. The van der Waals surface area contributed by atoms with Crippen LogP contribution in [0.3, 0.4) is 0 Å². The Bertz CT molecular complexity index is 515. The third-order valence-corrected chi connectivity index (χ3v) is 2.71. The number of nitrogens with one attached hydrogen (secondary N) is 2. The van der Waals surface area contributed by atoms with Crippen LogP contribution in [0.5, 0.6) is 0 Å². The molecule has 1 aromatic rings. The number of aryl methyl sites for hydroxylation is 1. The third kappa shape index (κ3) is 6.37. The molecule has 0 aliphatic heterocycles. The second-order valence-electron chi connectivity index (χ2n) is 4.53. The van der Waals surface area contributed by atoms with E-state index in [-0.39, 0.29) is 19.4 Å². The van der Waals surface area contributed by atoms with Crippen molar-refractivity contribution in [3.8, 4) is 0 Å². The van der Waals surface area contributed by atoms with Crippen molar-refractivity contribution in [2.45, 2.75) is 32.4 Å². The molecule has 0 aliphatic carbocycles. The number of urea groups is 1. The van der Waals surface area contributed by atoms with Crippen molar-refractivity contribution in [1.82, 2.24) is 15.6 Å². The van der Waals surface area contributed by atoms with Crippen LogP contribution in [0.4, 0.5) is 4.79 Å². The molecule has 0 saturated heterocycles. The molecular weight excluding hydrogens is 276 g/mol. The van der Waals surface area contributed by atoms with Crippen molar-refractivity contribution in [1.29, 1.82) is 0 Å². The van der Waals surface area contributed by atoms with Crippen molar-refractivity contribution in [3.63, 3.8) is 0 Å². The summed E-state index contributed by atoms with van der Waals surface area (Å²) in [6.07, 6.45) is 1.46. The Hall–Kier alpha value is -2.64. The highest BCUT2D eigenvalue weighted by Gasteiger charge is 2.20. The van der Waals surface area contributed by atoms with Crippen LogP contribution in [0.25, 0.3) is 0 Å². The summed E-state index contributed by atoms with van der Waals surface area (Å²) in [7, 11) is 0. The minimum atomic E-state index is -1.22. The number of amides is 3. The van der Waals surface area contributed by atoms with Gasteiger partial charge in [0.05, 0.1) is 0 Å². The Labute approximate surface area is 121 Å². The quantitative estimate of drug-likeness (QED) is 0.557. The van der Waals surface area contributed by atoms with Crippen LogP contribution in [0.2, 0.25) is 0 Å². The van der Waals surface area contributed by atoms with Gasteiger partial charge in [0.25, 0.3) is 0 Å². The lowest BCUT2D eigenvalue weighted by molar-refractivity contribution is -0.139. The highest BCUT2D eigenvalue weighted by Crippen LogP contribution is 2.00. The van der Waals surface area contributed by atoms with E-state index in [1.54, 1.807) is 6.20 Å². The first-order chi connectivity index (χ1) is 9.88. The Morgan fingerprint density at radius 1 is 1.38 bits per heavy atom. The van der Waals surface area contributed by atoms with Gasteiger partial charge in [0.15, 0.2) is 0 Å². The summed E-state index contributed by atoms with van der Waals surface area (Å²) in [5, 5.41) is 13.7. The molecule has 8 heteroatoms. The average molecular weight is 294 g/mol. The Morgan fingerprint density at radius 2 is 2.10 bits per heavy atom. The van der Waals surface area contributed by atoms with Gasteiger partial charge in [0.2, 0.25) is 5.91 Å². The van der Waals surface area contributed by atoms with Gasteiger partial charge in [-0.2, -0.15) is 0 Å². The smallest absolute Gasteiger partial charge is 0.326 e. The number of carbonyl (C=O) groups excluding carboxylic acids is 2. The summed E-state index contributed by atoms with van der Waals surface area (Å²) in [5.41, 5.74) is 6.60. The van der Waals surface area contributed by atoms with Gasteiger partial charge in [-0.15, -0.1) is 0 Å². The van der Waals surface area contributed by atoms with E-state index in [1.807, 2.05) is 19.1 Å². The zero-order chi connectivity index (χ0) is 15.8. The van der Waals surface area contributed by atoms with Crippen LogP contribution in [0, 0.1) is 6.92 Å². The normalized spacial score (nSPS) is 11.5. The molecule has 114 valence electrons. The van der Waals surface area contributed by atoms with Crippen molar-refractivity contribution in [2.75, 3.05) is 0 Å². The fourth-order valence-corrected chi connectivity index (χ4v) is 1.54. The van der Waals surface area contributed by atoms with Crippen LogP contribution in [0.1, 0.15) is 24.1 Å². The largest absolute Gasteiger partial charge is 0.480 e. The molecule has 0 aliphatic rings. The number of nitrogens with two attached hydrogens (primary N) is 1. The summed E-state index contributed by atoms with van der Waals surface area (Å²) in [6, 6.07) is 1.83. The molecule has 1 rings (SSSR count). The maximum Gasteiger partial charge on any atom is 0.326 e. The van der Waals surface area contributed by atoms with E-state index in [9.17, 15) is 14.4 Å². The minimum Gasteiger partial charge on any atom is -0.480 e. The predicted molar refractivity (Wildman–Crippen MR) is 74.2 cm³/mol. The highest BCUT2D eigenvalue weighted by molar-refractivity contribution is 5.83. The van der Waals surface area contributed by atoms with E-state index in [4.69, 9.17) is 10.8 Å². The van der Waals surface area contributed by atoms with Gasteiger partial charge in [-0.25, -0.2) is 9.59 Å². The molecule has 8 nitrogen and oxygen atoms in total. The van der Waals surface area contributed by atoms with Crippen LogP contribution in [-0.2, 0) is 16.1 Å². The molecule has 0 aromatic carbocycles. The van der Waals surface area contributed by atoms with E-state index in [0.29, 0.717) is 0 Å². The van der Waals surface area contributed by atoms with Gasteiger partial charge in [0.1, 0.15) is 6.04 Å². The number of pyridine rings is 1. The molecule has 1 heterocycles. The third-order valence-electron chi connectivity index (χ3n) is 2.71. The number of nitrogens with zero attached hydrogens (tertiary/aromatic N) is 1. The number of carboxylic acid groups (broad SMARTS) is 1. The number of aromatic nitrogens is 1. The summed E-state index contributed by atoms with van der Waals surface area (Å²) in [6.45, 7) is 2.07. The second-order valence-corrected chi connectivity index (χ2v) is 4.53. The standard InChI is InChI=1S/C13H18N4O4/c1-8-2-3-9(6-15-8)7-16-13(21)17-10(12(19)20)4-5-11(14)18/h2-3,6,10H,4-5,7H2,1H3,(H2,14,18)(H,19,20)(H2,16,17,21)/t10-/m1/s1. The number of carbonyl (C=O) groups is 3. The molecule has 0 unspecified atom stereocenters. The minimum absolute atomic E-state index is 0.0514. The van der Waals surface area contributed by atoms with Crippen molar-refractivity contribution in [3.05, 3.63) is 29.6 Å². The Morgan fingerprint density at radius 3 is 2.62 bits per heavy atom. The molecule has 0 radical (unpaired) electrons. The zero-order valence-corrected chi connectivity index (χ0v) is 11.6. The molecule has 0 saturated carbocycles. The average Bonchev–Trinajstić information content (AvgIpc) is 2.42. The first-order valence-corrected chi connectivity index (χ1v) is 6.35.